The summed E-state index contributed by atoms with van der Waals surface area (Å²) in [4.78, 5) is 39.6. The van der Waals surface area contributed by atoms with Crippen LogP contribution >= 0.6 is 0 Å². The predicted molar refractivity (Wildman–Crippen MR) is 99.7 cm³/mol. The number of ether oxygens (including phenoxy) is 3. The summed E-state index contributed by atoms with van der Waals surface area (Å²) in [5, 5.41) is 0. The molecule has 2 heterocycles. The number of rotatable bonds is 6. The van der Waals surface area contributed by atoms with Crippen LogP contribution in [-0.2, 0) is 23.8 Å². The van der Waals surface area contributed by atoms with Gasteiger partial charge in [-0.05, 0) is 0 Å². The van der Waals surface area contributed by atoms with E-state index in [1.807, 2.05) is 0 Å². The molecule has 1 aliphatic heterocycles. The number of terminal acetylenes is 1. The Hall–Kier alpha value is -2.93. The molecular weight excluding hydrogens is 385 g/mol. The molecule has 0 aromatic carbocycles. The standard InChI is InChI=1S/C19H24FN3O6/c1-6-19(9-27-16(24)10(2)3)13(28-17(25)11(4)5)7-14(29-19)23-8-12(20)15(21)22-18(23)26/h1,8,10-11,13-14H,7,9H2,2-5H3,(H2,21,22,26)/t13-,14+,19+/m0/s1. The van der Waals surface area contributed by atoms with Gasteiger partial charge < -0.3 is 19.9 Å². The van der Waals surface area contributed by atoms with Crippen LogP contribution in [0.25, 0.3) is 0 Å². The molecular formula is C19H24FN3O6. The van der Waals surface area contributed by atoms with Crippen molar-refractivity contribution in [3.63, 3.8) is 0 Å². The molecule has 1 aromatic rings. The smallest absolute Gasteiger partial charge is 0.351 e. The first-order chi connectivity index (χ1) is 13.5. The SMILES string of the molecule is C#C[C@]1(COC(=O)C(C)C)O[C@@H](n2cc(F)c(N)nc2=O)C[C@@H]1OC(=O)C(C)C. The highest BCUT2D eigenvalue weighted by atomic mass is 19.1. The third-order valence-electron chi connectivity index (χ3n) is 4.40. The summed E-state index contributed by atoms with van der Waals surface area (Å²) in [6, 6.07) is 0. The maximum absolute atomic E-state index is 13.8. The van der Waals surface area contributed by atoms with Crippen molar-refractivity contribution in [1.29, 1.82) is 0 Å². The number of nitrogens with two attached hydrogens (primary N) is 1. The summed E-state index contributed by atoms with van der Waals surface area (Å²) in [5.41, 5.74) is 2.78. The van der Waals surface area contributed by atoms with Crippen LogP contribution in [-0.4, -0.2) is 39.8 Å². The van der Waals surface area contributed by atoms with E-state index in [0.717, 1.165) is 10.8 Å². The largest absolute Gasteiger partial charge is 0.461 e. The van der Waals surface area contributed by atoms with Crippen molar-refractivity contribution in [1.82, 2.24) is 9.55 Å². The second-order valence-corrected chi connectivity index (χ2v) is 7.35. The van der Waals surface area contributed by atoms with Gasteiger partial charge in [-0.25, -0.2) is 9.18 Å². The number of nitrogen functional groups attached to an aromatic ring is 1. The van der Waals surface area contributed by atoms with Gasteiger partial charge in [0.2, 0.25) is 5.60 Å². The topological polar surface area (TPSA) is 123 Å². The Balaban J connectivity index is 2.39. The summed E-state index contributed by atoms with van der Waals surface area (Å²) in [5.74, 6) is -1.06. The predicted octanol–water partition coefficient (Wildman–Crippen LogP) is 1.02. The Kier molecular flexibility index (Phi) is 6.64. The van der Waals surface area contributed by atoms with E-state index in [-0.39, 0.29) is 6.42 Å². The molecule has 0 unspecified atom stereocenters. The summed E-state index contributed by atoms with van der Waals surface area (Å²) < 4.78 is 31.2. The number of halogens is 1. The summed E-state index contributed by atoms with van der Waals surface area (Å²) in [6.45, 7) is 6.14. The Morgan fingerprint density at radius 3 is 2.59 bits per heavy atom. The zero-order valence-corrected chi connectivity index (χ0v) is 16.7. The molecule has 2 N–H and O–H groups in total. The van der Waals surface area contributed by atoms with E-state index < -0.39 is 65.6 Å². The lowest BCUT2D eigenvalue weighted by Gasteiger charge is -2.29. The number of aromatic nitrogens is 2. The number of hydrogen-bond donors (Lipinski definition) is 1. The maximum atomic E-state index is 13.8. The van der Waals surface area contributed by atoms with Gasteiger partial charge in [-0.3, -0.25) is 14.2 Å². The van der Waals surface area contributed by atoms with Crippen molar-refractivity contribution in [3.05, 3.63) is 22.5 Å². The van der Waals surface area contributed by atoms with Crippen LogP contribution in [0.4, 0.5) is 10.2 Å². The van der Waals surface area contributed by atoms with Gasteiger partial charge in [0.05, 0.1) is 18.0 Å². The van der Waals surface area contributed by atoms with Crippen LogP contribution in [0.5, 0.6) is 0 Å². The van der Waals surface area contributed by atoms with Crippen LogP contribution in [0.15, 0.2) is 11.0 Å². The molecule has 10 heteroatoms. The average Bonchev–Trinajstić information content (AvgIpc) is 3.01. The minimum atomic E-state index is -1.66. The Labute approximate surface area is 167 Å². The van der Waals surface area contributed by atoms with Gasteiger partial charge in [-0.1, -0.05) is 33.6 Å². The molecule has 0 aliphatic carbocycles. The number of hydrogen-bond acceptors (Lipinski definition) is 8. The summed E-state index contributed by atoms with van der Waals surface area (Å²) in [7, 11) is 0. The second-order valence-electron chi connectivity index (χ2n) is 7.35. The lowest BCUT2D eigenvalue weighted by atomic mass is 9.98. The van der Waals surface area contributed by atoms with Gasteiger partial charge in [0, 0.05) is 6.42 Å². The lowest BCUT2D eigenvalue weighted by molar-refractivity contribution is -0.170. The van der Waals surface area contributed by atoms with Gasteiger partial charge in [-0.15, -0.1) is 6.42 Å². The fraction of sp³-hybridized carbons (Fsp3) is 0.579. The Morgan fingerprint density at radius 1 is 1.41 bits per heavy atom. The minimum Gasteiger partial charge on any atom is -0.461 e. The third-order valence-corrected chi connectivity index (χ3v) is 4.40. The Bertz CT molecular complexity index is 891. The highest BCUT2D eigenvalue weighted by Gasteiger charge is 2.52. The van der Waals surface area contributed by atoms with Gasteiger partial charge in [0.1, 0.15) is 18.9 Å². The molecule has 1 aromatic heterocycles. The van der Waals surface area contributed by atoms with E-state index in [1.54, 1.807) is 27.7 Å². The van der Waals surface area contributed by atoms with Crippen LogP contribution < -0.4 is 11.4 Å². The maximum Gasteiger partial charge on any atom is 0.351 e. The Morgan fingerprint density at radius 2 is 2.03 bits per heavy atom. The van der Waals surface area contributed by atoms with Crippen LogP contribution in [0.2, 0.25) is 0 Å². The molecule has 9 nitrogen and oxygen atoms in total. The van der Waals surface area contributed by atoms with E-state index >= 15 is 0 Å². The number of carbonyl (C=O) groups excluding carboxylic acids is 2. The average molecular weight is 409 g/mol. The lowest BCUT2D eigenvalue weighted by Crippen LogP contribution is -2.46. The third kappa shape index (κ3) is 4.74. The van der Waals surface area contributed by atoms with E-state index in [2.05, 4.69) is 10.9 Å². The molecule has 0 amide bonds. The zero-order valence-electron chi connectivity index (χ0n) is 16.7. The van der Waals surface area contributed by atoms with E-state index in [4.69, 9.17) is 26.4 Å². The fourth-order valence-electron chi connectivity index (χ4n) is 2.63. The molecule has 0 bridgehead atoms. The van der Waals surface area contributed by atoms with Crippen LogP contribution in [0.3, 0.4) is 0 Å². The van der Waals surface area contributed by atoms with Gasteiger partial charge in [0.25, 0.3) is 0 Å². The molecule has 3 atom stereocenters. The van der Waals surface area contributed by atoms with Gasteiger partial charge in [0.15, 0.2) is 11.6 Å². The molecule has 1 saturated heterocycles. The molecule has 0 saturated carbocycles. The minimum absolute atomic E-state index is 0.0766. The molecule has 1 fully saturated rings. The quantitative estimate of drug-likeness (QED) is 0.546. The number of carbonyl (C=O) groups is 2. The van der Waals surface area contributed by atoms with Crippen molar-refractivity contribution in [2.45, 2.75) is 52.0 Å². The highest BCUT2D eigenvalue weighted by Crippen LogP contribution is 2.39. The molecule has 0 spiro atoms. The first-order valence-corrected chi connectivity index (χ1v) is 9.07. The van der Waals surface area contributed by atoms with Crippen molar-refractivity contribution >= 4 is 17.8 Å². The summed E-state index contributed by atoms with van der Waals surface area (Å²) >= 11 is 0. The molecule has 2 rings (SSSR count). The van der Waals surface area contributed by atoms with E-state index in [1.165, 1.54) is 0 Å². The first kappa shape index (κ1) is 22.4. The van der Waals surface area contributed by atoms with Crippen molar-refractivity contribution in [3.8, 4) is 12.3 Å². The number of nitrogens with zero attached hydrogens (tertiary/aromatic N) is 2. The summed E-state index contributed by atoms with van der Waals surface area (Å²) in [6.07, 6.45) is 4.26. The number of esters is 2. The van der Waals surface area contributed by atoms with Gasteiger partial charge >= 0.3 is 17.6 Å². The monoisotopic (exact) mass is 409 g/mol. The molecule has 158 valence electrons. The highest BCUT2D eigenvalue weighted by molar-refractivity contribution is 5.72. The van der Waals surface area contributed by atoms with Crippen molar-refractivity contribution < 1.29 is 28.2 Å². The zero-order chi connectivity index (χ0) is 21.9. The van der Waals surface area contributed by atoms with Crippen LogP contribution in [0.1, 0.15) is 40.3 Å². The molecule has 0 radical (unpaired) electrons. The normalized spacial score (nSPS) is 23.8. The van der Waals surface area contributed by atoms with Gasteiger partial charge in [-0.2, -0.15) is 4.98 Å². The number of anilines is 1. The van der Waals surface area contributed by atoms with Crippen molar-refractivity contribution in [2.75, 3.05) is 12.3 Å². The molecule has 1 aliphatic rings. The van der Waals surface area contributed by atoms with E-state index in [0.29, 0.717) is 0 Å². The fourth-order valence-corrected chi connectivity index (χ4v) is 2.63. The van der Waals surface area contributed by atoms with Crippen molar-refractivity contribution in [2.24, 2.45) is 11.8 Å². The first-order valence-electron chi connectivity index (χ1n) is 9.07. The van der Waals surface area contributed by atoms with Crippen LogP contribution in [0, 0.1) is 30.0 Å². The second kappa shape index (κ2) is 8.61. The van der Waals surface area contributed by atoms with E-state index in [9.17, 15) is 18.8 Å². The molecule has 29 heavy (non-hydrogen) atoms.